The number of thiazole rings is 1. The van der Waals surface area contributed by atoms with E-state index in [1.54, 1.807) is 11.3 Å². The van der Waals surface area contributed by atoms with Gasteiger partial charge in [0.05, 0.1) is 10.2 Å². The van der Waals surface area contributed by atoms with Crippen molar-refractivity contribution in [3.63, 3.8) is 0 Å². The predicted molar refractivity (Wildman–Crippen MR) is 82.0 cm³/mol. The van der Waals surface area contributed by atoms with Crippen LogP contribution in [0.15, 0.2) is 28.7 Å². The highest BCUT2D eigenvalue weighted by atomic mass is 79.9. The zero-order valence-corrected chi connectivity index (χ0v) is 12.7. The van der Waals surface area contributed by atoms with Gasteiger partial charge in [0.25, 0.3) is 0 Å². The Balaban J connectivity index is 1.93. The van der Waals surface area contributed by atoms with Gasteiger partial charge >= 0.3 is 0 Å². The standard InChI is InChI=1S/C14H15BrN2S/c1-2-17-7-5-10(6-8-17)14-16-12-4-3-11(15)9-13(12)18-14/h3-5,9H,2,6-8H2,1H3. The summed E-state index contributed by atoms with van der Waals surface area (Å²) >= 11 is 5.31. The number of hydrogen-bond donors (Lipinski definition) is 0. The van der Waals surface area contributed by atoms with Crippen molar-refractivity contribution in [3.8, 4) is 0 Å². The fourth-order valence-electron chi connectivity index (χ4n) is 2.23. The van der Waals surface area contributed by atoms with Gasteiger partial charge in [-0.3, -0.25) is 4.90 Å². The highest BCUT2D eigenvalue weighted by Gasteiger charge is 2.14. The van der Waals surface area contributed by atoms with E-state index < -0.39 is 0 Å². The van der Waals surface area contributed by atoms with E-state index in [9.17, 15) is 0 Å². The van der Waals surface area contributed by atoms with Crippen LogP contribution in [0.3, 0.4) is 0 Å². The Labute approximate surface area is 119 Å². The first-order chi connectivity index (χ1) is 8.76. The largest absolute Gasteiger partial charge is 0.300 e. The quantitative estimate of drug-likeness (QED) is 0.825. The van der Waals surface area contributed by atoms with Crippen molar-refractivity contribution in [2.24, 2.45) is 0 Å². The molecule has 0 amide bonds. The number of halogens is 1. The van der Waals surface area contributed by atoms with Gasteiger partial charge in [-0.1, -0.05) is 28.9 Å². The SMILES string of the molecule is CCN1CC=C(c2nc3ccc(Br)cc3s2)CC1. The summed E-state index contributed by atoms with van der Waals surface area (Å²) in [5.41, 5.74) is 2.52. The maximum absolute atomic E-state index is 4.74. The second kappa shape index (κ2) is 5.11. The van der Waals surface area contributed by atoms with Crippen LogP contribution in [-0.2, 0) is 0 Å². The average molecular weight is 323 g/mol. The lowest BCUT2D eigenvalue weighted by Gasteiger charge is -2.23. The number of hydrogen-bond acceptors (Lipinski definition) is 3. The zero-order valence-electron chi connectivity index (χ0n) is 10.3. The topological polar surface area (TPSA) is 16.1 Å². The third kappa shape index (κ3) is 2.37. The molecule has 0 spiro atoms. The molecule has 0 atom stereocenters. The molecule has 1 aromatic heterocycles. The van der Waals surface area contributed by atoms with E-state index >= 15 is 0 Å². The van der Waals surface area contributed by atoms with Crippen molar-refractivity contribution in [2.75, 3.05) is 19.6 Å². The number of rotatable bonds is 2. The van der Waals surface area contributed by atoms with Crippen LogP contribution < -0.4 is 0 Å². The molecule has 2 nitrogen and oxygen atoms in total. The van der Waals surface area contributed by atoms with Crippen molar-refractivity contribution in [3.05, 3.63) is 33.8 Å². The highest BCUT2D eigenvalue weighted by molar-refractivity contribution is 9.10. The van der Waals surface area contributed by atoms with E-state index in [4.69, 9.17) is 4.98 Å². The van der Waals surface area contributed by atoms with Crippen molar-refractivity contribution >= 4 is 43.1 Å². The summed E-state index contributed by atoms with van der Waals surface area (Å²) in [6.45, 7) is 5.57. The predicted octanol–water partition coefficient (Wildman–Crippen LogP) is 4.17. The molecule has 0 bridgehead atoms. The molecule has 1 aromatic carbocycles. The van der Waals surface area contributed by atoms with Gasteiger partial charge in [0.2, 0.25) is 0 Å². The van der Waals surface area contributed by atoms with Crippen LogP contribution in [0.1, 0.15) is 18.4 Å². The first kappa shape index (κ1) is 12.3. The molecule has 0 fully saturated rings. The summed E-state index contributed by atoms with van der Waals surface area (Å²) < 4.78 is 2.39. The summed E-state index contributed by atoms with van der Waals surface area (Å²) in [6, 6.07) is 6.29. The van der Waals surface area contributed by atoms with Gasteiger partial charge in [-0.15, -0.1) is 11.3 Å². The molecule has 0 N–H and O–H groups in total. The van der Waals surface area contributed by atoms with Crippen LogP contribution >= 0.6 is 27.3 Å². The summed E-state index contributed by atoms with van der Waals surface area (Å²) in [4.78, 5) is 7.19. The summed E-state index contributed by atoms with van der Waals surface area (Å²) in [6.07, 6.45) is 3.45. The summed E-state index contributed by atoms with van der Waals surface area (Å²) in [5, 5.41) is 1.19. The maximum atomic E-state index is 4.74. The molecule has 3 rings (SSSR count). The molecule has 94 valence electrons. The fraction of sp³-hybridized carbons (Fsp3) is 0.357. The number of nitrogens with zero attached hydrogens (tertiary/aromatic N) is 2. The Morgan fingerprint density at radius 2 is 2.33 bits per heavy atom. The zero-order chi connectivity index (χ0) is 12.5. The number of aromatic nitrogens is 1. The third-order valence-electron chi connectivity index (χ3n) is 3.37. The Bertz CT molecular complexity index is 603. The van der Waals surface area contributed by atoms with Crippen LogP contribution in [0.4, 0.5) is 0 Å². The van der Waals surface area contributed by atoms with Crippen LogP contribution in [-0.4, -0.2) is 29.5 Å². The minimum Gasteiger partial charge on any atom is -0.300 e. The van der Waals surface area contributed by atoms with Gasteiger partial charge in [-0.05, 0) is 36.7 Å². The second-order valence-corrected chi connectivity index (χ2v) is 6.45. The lowest BCUT2D eigenvalue weighted by molar-refractivity contribution is 0.318. The number of fused-ring (bicyclic) bond motifs is 1. The van der Waals surface area contributed by atoms with Crippen molar-refractivity contribution in [1.82, 2.24) is 9.88 Å². The molecular formula is C14H15BrN2S. The van der Waals surface area contributed by atoms with E-state index in [1.165, 1.54) is 15.3 Å². The average Bonchev–Trinajstić information content (AvgIpc) is 2.81. The van der Waals surface area contributed by atoms with Crippen LogP contribution in [0.2, 0.25) is 0 Å². The Morgan fingerprint density at radius 1 is 1.44 bits per heavy atom. The lowest BCUT2D eigenvalue weighted by Crippen LogP contribution is -2.27. The van der Waals surface area contributed by atoms with Gasteiger partial charge in [0.1, 0.15) is 5.01 Å². The molecule has 18 heavy (non-hydrogen) atoms. The fourth-order valence-corrected chi connectivity index (χ4v) is 3.81. The normalized spacial score (nSPS) is 17.1. The van der Waals surface area contributed by atoms with Gasteiger partial charge < -0.3 is 0 Å². The lowest BCUT2D eigenvalue weighted by atomic mass is 10.1. The molecule has 0 unspecified atom stereocenters. The van der Waals surface area contributed by atoms with Gasteiger partial charge in [0, 0.05) is 17.6 Å². The van der Waals surface area contributed by atoms with Crippen LogP contribution in [0.5, 0.6) is 0 Å². The van der Waals surface area contributed by atoms with E-state index in [1.807, 2.05) is 0 Å². The van der Waals surface area contributed by atoms with E-state index in [-0.39, 0.29) is 0 Å². The monoisotopic (exact) mass is 322 g/mol. The first-order valence-electron chi connectivity index (χ1n) is 6.24. The van der Waals surface area contributed by atoms with Crippen LogP contribution in [0.25, 0.3) is 15.8 Å². The third-order valence-corrected chi connectivity index (χ3v) is 4.95. The smallest absolute Gasteiger partial charge is 0.120 e. The molecule has 0 radical (unpaired) electrons. The second-order valence-electron chi connectivity index (χ2n) is 4.50. The molecule has 2 heterocycles. The molecule has 4 heteroatoms. The summed E-state index contributed by atoms with van der Waals surface area (Å²) in [7, 11) is 0. The molecular weight excluding hydrogens is 308 g/mol. The van der Waals surface area contributed by atoms with Gasteiger partial charge in [0.15, 0.2) is 0 Å². The Morgan fingerprint density at radius 3 is 3.06 bits per heavy atom. The van der Waals surface area contributed by atoms with Gasteiger partial charge in [-0.25, -0.2) is 4.98 Å². The highest BCUT2D eigenvalue weighted by Crippen LogP contribution is 2.31. The Kier molecular flexibility index (Phi) is 3.50. The number of likely N-dealkylation sites (N-methyl/N-ethyl adjacent to an activating group) is 1. The minimum atomic E-state index is 1.06. The van der Waals surface area contributed by atoms with Crippen LogP contribution in [0, 0.1) is 0 Å². The van der Waals surface area contributed by atoms with Gasteiger partial charge in [-0.2, -0.15) is 0 Å². The molecule has 0 saturated carbocycles. The van der Waals surface area contributed by atoms with Crippen molar-refractivity contribution < 1.29 is 0 Å². The molecule has 0 aliphatic carbocycles. The van der Waals surface area contributed by atoms with E-state index in [0.717, 1.165) is 36.0 Å². The number of benzene rings is 1. The Hall–Kier alpha value is -0.710. The van der Waals surface area contributed by atoms with E-state index in [0.29, 0.717) is 0 Å². The molecule has 2 aromatic rings. The minimum absolute atomic E-state index is 1.06. The maximum Gasteiger partial charge on any atom is 0.120 e. The van der Waals surface area contributed by atoms with Crippen molar-refractivity contribution in [1.29, 1.82) is 0 Å². The molecule has 1 aliphatic heterocycles. The van der Waals surface area contributed by atoms with E-state index in [2.05, 4.69) is 52.0 Å². The first-order valence-corrected chi connectivity index (χ1v) is 7.85. The summed E-state index contributed by atoms with van der Waals surface area (Å²) in [5.74, 6) is 0. The van der Waals surface area contributed by atoms with Crippen molar-refractivity contribution in [2.45, 2.75) is 13.3 Å². The molecule has 0 saturated heterocycles. The molecule has 1 aliphatic rings.